The molecule has 5 aromatic carbocycles. The molecule has 5 aromatic rings. The van der Waals surface area contributed by atoms with Crippen LogP contribution in [0, 0.1) is 0 Å². The lowest BCUT2D eigenvalue weighted by atomic mass is 10.1. The number of hydrogen-bond acceptors (Lipinski definition) is 11. The van der Waals surface area contributed by atoms with Crippen LogP contribution in [0.3, 0.4) is 0 Å². The second-order valence-electron chi connectivity index (χ2n) is 16.0. The molecule has 0 spiro atoms. The van der Waals surface area contributed by atoms with Crippen molar-refractivity contribution in [2.45, 2.75) is 73.2 Å². The molecule has 354 valence electrons. The third kappa shape index (κ3) is 15.8. The Morgan fingerprint density at radius 3 is 1.57 bits per heavy atom. The molecular weight excluding hydrogens is 917 g/mol. The summed E-state index contributed by atoms with van der Waals surface area (Å²) in [5, 5.41) is 3.05. The number of nitrogens with one attached hydrogen (secondary N) is 1. The van der Waals surface area contributed by atoms with Gasteiger partial charge in [-0.3, -0.25) is 33.0 Å². The molecule has 0 radical (unpaired) electrons. The molecule has 3 unspecified atom stereocenters. The van der Waals surface area contributed by atoms with Crippen molar-refractivity contribution in [3.8, 4) is 17.2 Å². The van der Waals surface area contributed by atoms with Gasteiger partial charge in [-0.05, 0) is 82.2 Å². The van der Waals surface area contributed by atoms with Crippen molar-refractivity contribution in [1.82, 2.24) is 0 Å². The molecule has 1 aliphatic rings. The number of hydrogen-bond donors (Lipinski definition) is 4. The van der Waals surface area contributed by atoms with E-state index in [0.29, 0.717) is 23.1 Å². The summed E-state index contributed by atoms with van der Waals surface area (Å²) >= 11 is 0. The van der Waals surface area contributed by atoms with E-state index in [1.807, 2.05) is 13.0 Å². The highest BCUT2D eigenvalue weighted by molar-refractivity contribution is 7.48. The summed E-state index contributed by atoms with van der Waals surface area (Å²) < 4.78 is 73.7. The third-order valence-electron chi connectivity index (χ3n) is 10.2. The number of carbonyl (C=O) groups excluding carboxylic acids is 1. The van der Waals surface area contributed by atoms with E-state index >= 15 is 0 Å². The molecule has 1 aliphatic heterocycles. The Hall–Kier alpha value is -5.56. The number of para-hydroxylation sites is 1. The minimum absolute atomic E-state index is 0.0438. The Kier molecular flexibility index (Phi) is 17.8. The van der Waals surface area contributed by atoms with E-state index in [-0.39, 0.29) is 60.5 Å². The lowest BCUT2D eigenvalue weighted by Crippen LogP contribution is -2.30. The lowest BCUT2D eigenvalue weighted by molar-refractivity contribution is 0.0990. The molecule has 0 aliphatic carbocycles. The summed E-state index contributed by atoms with van der Waals surface area (Å²) in [4.78, 5) is 49.3. The predicted molar refractivity (Wildman–Crippen MR) is 258 cm³/mol. The number of carbonyl (C=O) groups is 1. The molecule has 0 bridgehead atoms. The van der Waals surface area contributed by atoms with Crippen molar-refractivity contribution in [2.75, 3.05) is 16.8 Å². The number of phosphoric acid groups is 3. The van der Waals surface area contributed by atoms with Crippen LogP contribution in [0.25, 0.3) is 0 Å². The van der Waals surface area contributed by atoms with Crippen molar-refractivity contribution in [3.63, 3.8) is 0 Å². The number of fused-ring (bicyclic) bond motifs is 2. The predicted octanol–water partition coefficient (Wildman–Crippen LogP) is 12.9. The Bertz CT molecular complexity index is 2730. The quantitative estimate of drug-likeness (QED) is 0.0356. The van der Waals surface area contributed by atoms with Gasteiger partial charge in [0.2, 0.25) is 0 Å². The smallest absolute Gasteiger partial charge is 0.404 e. The summed E-state index contributed by atoms with van der Waals surface area (Å²) in [6.45, 7) is 7.15. The third-order valence-corrected chi connectivity index (χ3v) is 12.9. The van der Waals surface area contributed by atoms with Crippen LogP contribution in [0.4, 0.5) is 17.1 Å². The number of amides is 1. The van der Waals surface area contributed by atoms with Gasteiger partial charge in [0.15, 0.2) is 11.5 Å². The first-order valence-corrected chi connectivity index (χ1v) is 25.9. The summed E-state index contributed by atoms with van der Waals surface area (Å²) in [6, 6.07) is 32.4. The van der Waals surface area contributed by atoms with E-state index in [9.17, 15) is 33.2 Å². The van der Waals surface area contributed by atoms with Crippen LogP contribution in [0.1, 0.15) is 80.4 Å². The molecule has 4 N–H and O–H groups in total. The minimum atomic E-state index is -5.05. The zero-order chi connectivity index (χ0) is 48.0. The molecule has 0 fully saturated rings. The van der Waals surface area contributed by atoms with Gasteiger partial charge >= 0.3 is 23.5 Å². The first-order chi connectivity index (χ1) is 32.0. The van der Waals surface area contributed by atoms with E-state index in [0.717, 1.165) is 30.9 Å². The van der Waals surface area contributed by atoms with Crippen LogP contribution in [0.15, 0.2) is 156 Å². The molecule has 0 saturated carbocycles. The van der Waals surface area contributed by atoms with Crippen molar-refractivity contribution >= 4 is 46.4 Å². The van der Waals surface area contributed by atoms with Crippen LogP contribution >= 0.6 is 23.5 Å². The molecule has 1 heterocycles. The molecule has 67 heavy (non-hydrogen) atoms. The van der Waals surface area contributed by atoms with Crippen LogP contribution in [0.5, 0.6) is 17.2 Å². The van der Waals surface area contributed by atoms with Crippen LogP contribution in [-0.4, -0.2) is 27.1 Å². The highest BCUT2D eigenvalue weighted by atomic mass is 31.2. The van der Waals surface area contributed by atoms with Gasteiger partial charge in [-0.25, -0.2) is 13.7 Å². The summed E-state index contributed by atoms with van der Waals surface area (Å²) in [5.74, 6) is -1.81. The Labute approximate surface area is 391 Å². The highest BCUT2D eigenvalue weighted by Gasteiger charge is 2.36. The summed E-state index contributed by atoms with van der Waals surface area (Å²) in [6.07, 6.45) is 9.50. The fourth-order valence-corrected chi connectivity index (χ4v) is 9.01. The molecular formula is C49H55N2O13P3. The monoisotopic (exact) mass is 972 g/mol. The number of benzene rings is 5. The van der Waals surface area contributed by atoms with Crippen LogP contribution in [-0.2, 0) is 47.1 Å². The fourth-order valence-electron chi connectivity index (χ4n) is 6.75. The SMILES string of the molecule is CC(C)=CCC/C(C)=C/CC/C(C)=C/CN1C(=O)c2cccc(OP(=O)(O)OCc3ccccc3)c2Nc2c(OP(=O)(O)OCc3ccccc3)cc(OP(=O)(O)OCc3ccccc3)cc21. The van der Waals surface area contributed by atoms with Crippen molar-refractivity contribution in [2.24, 2.45) is 0 Å². The number of phosphoric ester groups is 3. The molecule has 3 atom stereocenters. The van der Waals surface area contributed by atoms with Crippen molar-refractivity contribution < 1.29 is 60.3 Å². The van der Waals surface area contributed by atoms with Gasteiger partial charge < -0.3 is 23.8 Å². The zero-order valence-electron chi connectivity index (χ0n) is 37.6. The normalized spacial score (nSPS) is 15.4. The van der Waals surface area contributed by atoms with Gasteiger partial charge in [-0.1, -0.05) is 132 Å². The molecule has 6 rings (SSSR count). The largest absolute Gasteiger partial charge is 0.527 e. The van der Waals surface area contributed by atoms with E-state index in [1.165, 1.54) is 40.3 Å². The zero-order valence-corrected chi connectivity index (χ0v) is 40.3. The van der Waals surface area contributed by atoms with Gasteiger partial charge in [-0.15, -0.1) is 0 Å². The fraction of sp³-hybridized carbons (Fsp3) is 0.245. The van der Waals surface area contributed by atoms with E-state index in [4.69, 9.17) is 27.1 Å². The van der Waals surface area contributed by atoms with Gasteiger partial charge in [0.25, 0.3) is 5.91 Å². The maximum Gasteiger partial charge on any atom is 0.527 e. The average molecular weight is 973 g/mol. The Balaban J connectivity index is 1.41. The first-order valence-electron chi connectivity index (χ1n) is 21.4. The number of nitrogens with zero attached hydrogens (tertiary/aromatic N) is 1. The highest BCUT2D eigenvalue weighted by Crippen LogP contribution is 2.56. The van der Waals surface area contributed by atoms with Crippen LogP contribution < -0.4 is 23.8 Å². The molecule has 1 amide bonds. The van der Waals surface area contributed by atoms with E-state index in [2.05, 4.69) is 38.2 Å². The van der Waals surface area contributed by atoms with Crippen molar-refractivity contribution in [1.29, 1.82) is 0 Å². The van der Waals surface area contributed by atoms with E-state index in [1.54, 1.807) is 91.0 Å². The van der Waals surface area contributed by atoms with Crippen LogP contribution in [0.2, 0.25) is 0 Å². The number of rotatable bonds is 23. The number of anilines is 3. The summed E-state index contributed by atoms with van der Waals surface area (Å²) in [7, 11) is -14.8. The average Bonchev–Trinajstić information content (AvgIpc) is 3.41. The Morgan fingerprint density at radius 2 is 1.04 bits per heavy atom. The van der Waals surface area contributed by atoms with E-state index < -0.39 is 35.1 Å². The van der Waals surface area contributed by atoms with Crippen molar-refractivity contribution in [3.05, 3.63) is 179 Å². The van der Waals surface area contributed by atoms with Gasteiger partial charge in [0.05, 0.1) is 36.8 Å². The maximum atomic E-state index is 14.9. The van der Waals surface area contributed by atoms with Gasteiger partial charge in [0.1, 0.15) is 11.4 Å². The summed E-state index contributed by atoms with van der Waals surface area (Å²) in [5.41, 5.74) is 4.83. The van der Waals surface area contributed by atoms with Gasteiger partial charge in [-0.2, -0.15) is 0 Å². The topological polar surface area (TPSA) is 200 Å². The first kappa shape index (κ1) is 50.8. The standard InChI is InChI=1S/C49H55N2O13P3/c1-36(2)17-14-18-37(3)19-15-20-38(4)29-30-51-44-31-42(62-65(53,54)59-33-39-21-8-5-9-22-39)32-46(64-67(57,58)61-35-41-25-12-7-13-26-41)48(44)50-47-43(49(51)52)27-16-28-45(47)63-66(55,56)60-34-40-23-10-6-11-24-40/h5-13,16-17,19,21-29,31-32,50H,14-15,18,20,30,33-35H2,1-4H3,(H,53,54)(H,55,56)(H,57,58)/b37-19+,38-29+. The molecule has 0 saturated heterocycles. The second-order valence-corrected chi connectivity index (χ2v) is 20.1. The minimum Gasteiger partial charge on any atom is -0.404 e. The Morgan fingerprint density at radius 1 is 0.567 bits per heavy atom. The maximum absolute atomic E-state index is 14.9. The van der Waals surface area contributed by atoms with Gasteiger partial charge in [0, 0.05) is 18.7 Å². The molecule has 0 aromatic heterocycles. The lowest BCUT2D eigenvalue weighted by Gasteiger charge is -2.25. The molecule has 15 nitrogen and oxygen atoms in total. The second kappa shape index (κ2) is 23.4. The molecule has 18 heteroatoms. The number of allylic oxidation sites excluding steroid dienone is 5.